The zero-order valence-electron chi connectivity index (χ0n) is 12.7. The fourth-order valence-corrected chi connectivity index (χ4v) is 4.68. The van der Waals surface area contributed by atoms with Crippen molar-refractivity contribution in [1.82, 2.24) is 15.3 Å². The Labute approximate surface area is 147 Å². The first-order valence-electron chi connectivity index (χ1n) is 7.42. The van der Waals surface area contributed by atoms with Crippen molar-refractivity contribution >= 4 is 52.2 Å². The third kappa shape index (κ3) is 2.92. The van der Waals surface area contributed by atoms with E-state index in [0.717, 1.165) is 24.4 Å². The van der Waals surface area contributed by atoms with Gasteiger partial charge >= 0.3 is 0 Å². The van der Waals surface area contributed by atoms with Gasteiger partial charge in [0.05, 0.1) is 10.2 Å². The normalized spacial score (nSPS) is 20.0. The lowest BCUT2D eigenvalue weighted by Crippen LogP contribution is -2.38. The predicted octanol–water partition coefficient (Wildman–Crippen LogP) is 3.42. The molecule has 2 saturated heterocycles. The van der Waals surface area contributed by atoms with Crippen LogP contribution in [0.3, 0.4) is 0 Å². The number of nitrogens with zero attached hydrogens (tertiary/aromatic N) is 3. The maximum atomic E-state index is 4.59. The molecule has 2 fully saturated rings. The number of piperidine rings is 1. The molecule has 4 heterocycles. The van der Waals surface area contributed by atoms with Gasteiger partial charge in [0.2, 0.25) is 0 Å². The van der Waals surface area contributed by atoms with Crippen LogP contribution in [-0.2, 0) is 0 Å². The van der Waals surface area contributed by atoms with Gasteiger partial charge in [0.15, 0.2) is 0 Å². The minimum absolute atomic E-state index is 0. The van der Waals surface area contributed by atoms with Crippen molar-refractivity contribution < 1.29 is 0 Å². The van der Waals surface area contributed by atoms with Crippen molar-refractivity contribution in [3.05, 3.63) is 17.3 Å². The van der Waals surface area contributed by atoms with Crippen LogP contribution in [0.15, 0.2) is 11.7 Å². The smallest absolute Gasteiger partial charge is 0.150 e. The SMILES string of the molecule is Cc1csc2c(N3CCC4(CCNCC4)C3)ncnc12.Cl.Cl. The van der Waals surface area contributed by atoms with E-state index in [2.05, 4.69) is 32.5 Å². The van der Waals surface area contributed by atoms with Crippen LogP contribution in [0.25, 0.3) is 10.2 Å². The minimum atomic E-state index is 0. The fourth-order valence-electron chi connectivity index (χ4n) is 3.66. The second-order valence-corrected chi connectivity index (χ2v) is 7.09. The molecule has 2 aliphatic heterocycles. The molecule has 2 aromatic rings. The second kappa shape index (κ2) is 6.87. The minimum Gasteiger partial charge on any atom is -0.355 e. The van der Waals surface area contributed by atoms with Gasteiger partial charge in [-0.2, -0.15) is 0 Å². The van der Waals surface area contributed by atoms with Gasteiger partial charge in [0, 0.05) is 13.1 Å². The maximum Gasteiger partial charge on any atom is 0.150 e. The fraction of sp³-hybridized carbons (Fsp3) is 0.600. The standard InChI is InChI=1S/C15H20N4S.2ClH/c1-11-8-20-13-12(11)17-10-18-14(13)19-7-4-15(9-19)2-5-16-6-3-15;;/h8,10,16H,2-7,9H2,1H3;2*1H. The van der Waals surface area contributed by atoms with Crippen LogP contribution >= 0.6 is 36.2 Å². The number of anilines is 1. The molecule has 4 rings (SSSR count). The van der Waals surface area contributed by atoms with E-state index in [1.165, 1.54) is 42.6 Å². The van der Waals surface area contributed by atoms with Crippen LogP contribution in [0.1, 0.15) is 24.8 Å². The molecule has 1 N–H and O–H groups in total. The van der Waals surface area contributed by atoms with E-state index >= 15 is 0 Å². The molecule has 0 saturated carbocycles. The molecule has 1 spiro atoms. The lowest BCUT2D eigenvalue weighted by Gasteiger charge is -2.33. The molecule has 122 valence electrons. The van der Waals surface area contributed by atoms with Gasteiger partial charge in [-0.05, 0) is 55.6 Å². The number of aryl methyl sites for hydroxylation is 1. The topological polar surface area (TPSA) is 41.0 Å². The third-order valence-corrected chi connectivity index (χ3v) is 6.00. The molecule has 22 heavy (non-hydrogen) atoms. The molecule has 0 unspecified atom stereocenters. The van der Waals surface area contributed by atoms with E-state index < -0.39 is 0 Å². The van der Waals surface area contributed by atoms with E-state index in [9.17, 15) is 0 Å². The summed E-state index contributed by atoms with van der Waals surface area (Å²) in [5.41, 5.74) is 2.92. The van der Waals surface area contributed by atoms with Crippen LogP contribution < -0.4 is 10.2 Å². The van der Waals surface area contributed by atoms with E-state index in [1.807, 2.05) is 0 Å². The third-order valence-electron chi connectivity index (χ3n) is 4.91. The summed E-state index contributed by atoms with van der Waals surface area (Å²) in [4.78, 5) is 11.5. The van der Waals surface area contributed by atoms with Gasteiger partial charge in [0.1, 0.15) is 12.1 Å². The lowest BCUT2D eigenvalue weighted by molar-refractivity contribution is 0.232. The Kier molecular flexibility index (Phi) is 5.54. The molecule has 0 atom stereocenters. The van der Waals surface area contributed by atoms with Crippen LogP contribution in [0.5, 0.6) is 0 Å². The Balaban J connectivity index is 0.000000882. The molecule has 0 radical (unpaired) electrons. The van der Waals surface area contributed by atoms with Gasteiger partial charge in [-0.1, -0.05) is 0 Å². The number of nitrogens with one attached hydrogen (secondary N) is 1. The summed E-state index contributed by atoms with van der Waals surface area (Å²) in [5.74, 6) is 1.16. The Morgan fingerprint density at radius 1 is 1.18 bits per heavy atom. The second-order valence-electron chi connectivity index (χ2n) is 6.22. The summed E-state index contributed by atoms with van der Waals surface area (Å²) in [6, 6.07) is 0. The molecule has 0 aliphatic carbocycles. The van der Waals surface area contributed by atoms with Gasteiger partial charge in [-0.3, -0.25) is 0 Å². The molecule has 7 heteroatoms. The summed E-state index contributed by atoms with van der Waals surface area (Å²) in [5, 5.41) is 5.68. The van der Waals surface area contributed by atoms with E-state index in [-0.39, 0.29) is 24.8 Å². The van der Waals surface area contributed by atoms with Crippen molar-refractivity contribution in [3.63, 3.8) is 0 Å². The van der Waals surface area contributed by atoms with Crippen molar-refractivity contribution in [1.29, 1.82) is 0 Å². The number of thiophene rings is 1. The highest BCUT2D eigenvalue weighted by Crippen LogP contribution is 2.42. The molecule has 0 amide bonds. The Morgan fingerprint density at radius 2 is 1.95 bits per heavy atom. The monoisotopic (exact) mass is 360 g/mol. The molecule has 2 aromatic heterocycles. The van der Waals surface area contributed by atoms with Crippen molar-refractivity contribution in [3.8, 4) is 0 Å². The summed E-state index contributed by atoms with van der Waals surface area (Å²) in [7, 11) is 0. The maximum absolute atomic E-state index is 4.59. The Morgan fingerprint density at radius 3 is 2.73 bits per heavy atom. The predicted molar refractivity (Wildman–Crippen MR) is 98.0 cm³/mol. The first-order valence-corrected chi connectivity index (χ1v) is 8.30. The summed E-state index contributed by atoms with van der Waals surface area (Å²) in [6.07, 6.45) is 5.65. The number of hydrogen-bond donors (Lipinski definition) is 1. The van der Waals surface area contributed by atoms with E-state index in [0.29, 0.717) is 5.41 Å². The summed E-state index contributed by atoms with van der Waals surface area (Å²) >= 11 is 1.78. The molecular weight excluding hydrogens is 339 g/mol. The zero-order chi connectivity index (χ0) is 13.6. The quantitative estimate of drug-likeness (QED) is 0.845. The largest absolute Gasteiger partial charge is 0.355 e. The molecule has 2 aliphatic rings. The van der Waals surface area contributed by atoms with Gasteiger partial charge in [-0.15, -0.1) is 36.2 Å². The number of halogens is 2. The van der Waals surface area contributed by atoms with E-state index in [1.54, 1.807) is 17.7 Å². The first kappa shape index (κ1) is 17.7. The summed E-state index contributed by atoms with van der Waals surface area (Å²) < 4.78 is 1.26. The Bertz CT molecular complexity index is 640. The molecule has 4 nitrogen and oxygen atoms in total. The average molecular weight is 361 g/mol. The van der Waals surface area contributed by atoms with Crippen molar-refractivity contribution in [2.24, 2.45) is 5.41 Å². The highest BCUT2D eigenvalue weighted by Gasteiger charge is 2.39. The number of rotatable bonds is 1. The average Bonchev–Trinajstić information content (AvgIpc) is 3.05. The van der Waals surface area contributed by atoms with Crippen LogP contribution in [-0.4, -0.2) is 36.1 Å². The molecular formula is C15H22Cl2N4S. The van der Waals surface area contributed by atoms with Gasteiger partial charge < -0.3 is 10.2 Å². The Hall–Kier alpha value is -0.620. The first-order chi connectivity index (χ1) is 9.77. The molecule has 0 aromatic carbocycles. The van der Waals surface area contributed by atoms with Crippen molar-refractivity contribution in [2.75, 3.05) is 31.1 Å². The van der Waals surface area contributed by atoms with Gasteiger partial charge in [-0.25, -0.2) is 9.97 Å². The number of hydrogen-bond acceptors (Lipinski definition) is 5. The zero-order valence-corrected chi connectivity index (χ0v) is 15.1. The lowest BCUT2D eigenvalue weighted by atomic mass is 9.78. The highest BCUT2D eigenvalue weighted by molar-refractivity contribution is 7.18. The van der Waals surface area contributed by atoms with Crippen LogP contribution in [0.2, 0.25) is 0 Å². The van der Waals surface area contributed by atoms with Crippen molar-refractivity contribution in [2.45, 2.75) is 26.2 Å². The van der Waals surface area contributed by atoms with Crippen LogP contribution in [0, 0.1) is 12.3 Å². The van der Waals surface area contributed by atoms with E-state index in [4.69, 9.17) is 0 Å². The van der Waals surface area contributed by atoms with Crippen LogP contribution in [0.4, 0.5) is 5.82 Å². The number of aromatic nitrogens is 2. The number of fused-ring (bicyclic) bond motifs is 1. The molecule has 0 bridgehead atoms. The highest BCUT2D eigenvalue weighted by atomic mass is 35.5. The summed E-state index contributed by atoms with van der Waals surface area (Å²) in [6.45, 7) is 6.78. The van der Waals surface area contributed by atoms with Gasteiger partial charge in [0.25, 0.3) is 0 Å².